The lowest BCUT2D eigenvalue weighted by molar-refractivity contribution is -0.137. The zero-order valence-electron chi connectivity index (χ0n) is 10.1. The molecule has 1 unspecified atom stereocenters. The highest BCUT2D eigenvalue weighted by atomic mass is 19.4. The molecule has 3 nitrogen and oxygen atoms in total. The molecule has 0 radical (unpaired) electrons. The third kappa shape index (κ3) is 3.08. The predicted molar refractivity (Wildman–Crippen MR) is 64.2 cm³/mol. The molecule has 6 heteroatoms. The molecule has 0 bridgehead atoms. The Balaban J connectivity index is 2.27. The lowest BCUT2D eigenvalue weighted by atomic mass is 10.0. The quantitative estimate of drug-likeness (QED) is 0.910. The van der Waals surface area contributed by atoms with E-state index in [0.29, 0.717) is 11.3 Å². The lowest BCUT2D eigenvalue weighted by Crippen LogP contribution is -2.15. The van der Waals surface area contributed by atoms with Crippen molar-refractivity contribution in [2.75, 3.05) is 0 Å². The van der Waals surface area contributed by atoms with Crippen LogP contribution in [-0.2, 0) is 6.18 Å². The molecule has 2 heterocycles. The summed E-state index contributed by atoms with van der Waals surface area (Å²) in [6, 6.07) is 3.51. The van der Waals surface area contributed by atoms with Crippen LogP contribution in [-0.4, -0.2) is 9.97 Å². The van der Waals surface area contributed by atoms with E-state index in [0.717, 1.165) is 17.8 Å². The van der Waals surface area contributed by atoms with Crippen LogP contribution in [0.2, 0.25) is 0 Å². The Bertz CT molecular complexity index is 564. The molecule has 2 rings (SSSR count). The van der Waals surface area contributed by atoms with Gasteiger partial charge in [0.2, 0.25) is 0 Å². The van der Waals surface area contributed by atoms with E-state index in [1.807, 2.05) is 13.0 Å². The summed E-state index contributed by atoms with van der Waals surface area (Å²) in [5.41, 5.74) is 7.20. The molecule has 100 valence electrons. The van der Waals surface area contributed by atoms with E-state index in [1.54, 1.807) is 12.4 Å². The molecule has 0 saturated heterocycles. The van der Waals surface area contributed by atoms with Crippen molar-refractivity contribution in [3.8, 4) is 0 Å². The Morgan fingerprint density at radius 2 is 1.89 bits per heavy atom. The van der Waals surface area contributed by atoms with E-state index in [-0.39, 0.29) is 0 Å². The molecular formula is C13H12F3N3. The maximum absolute atomic E-state index is 12.4. The van der Waals surface area contributed by atoms with Crippen LogP contribution in [0.1, 0.15) is 28.4 Å². The first-order valence-electron chi connectivity index (χ1n) is 5.58. The Morgan fingerprint density at radius 3 is 2.42 bits per heavy atom. The molecule has 0 saturated carbocycles. The van der Waals surface area contributed by atoms with Gasteiger partial charge in [0.1, 0.15) is 0 Å². The van der Waals surface area contributed by atoms with Gasteiger partial charge in [-0.25, -0.2) is 0 Å². The number of hydrogen-bond donors (Lipinski definition) is 1. The maximum atomic E-state index is 12.4. The van der Waals surface area contributed by atoms with Gasteiger partial charge in [0, 0.05) is 18.6 Å². The van der Waals surface area contributed by atoms with Gasteiger partial charge in [-0.2, -0.15) is 13.2 Å². The molecule has 2 aromatic heterocycles. The van der Waals surface area contributed by atoms with Crippen LogP contribution in [0, 0.1) is 6.92 Å². The van der Waals surface area contributed by atoms with Crippen LogP contribution >= 0.6 is 0 Å². The lowest BCUT2D eigenvalue weighted by Gasteiger charge is -2.13. The average molecular weight is 267 g/mol. The van der Waals surface area contributed by atoms with Crippen molar-refractivity contribution in [1.82, 2.24) is 9.97 Å². The molecule has 2 N–H and O–H groups in total. The van der Waals surface area contributed by atoms with Crippen molar-refractivity contribution in [3.05, 3.63) is 59.2 Å². The summed E-state index contributed by atoms with van der Waals surface area (Å²) < 4.78 is 37.2. The van der Waals surface area contributed by atoms with Gasteiger partial charge in [-0.15, -0.1) is 0 Å². The average Bonchev–Trinajstić information content (AvgIpc) is 2.37. The SMILES string of the molecule is Cc1cncc(C(N)c2ccc(C(F)(F)F)cn2)c1. The maximum Gasteiger partial charge on any atom is 0.417 e. The molecule has 0 aliphatic heterocycles. The van der Waals surface area contributed by atoms with E-state index < -0.39 is 17.8 Å². The van der Waals surface area contributed by atoms with Crippen LogP contribution in [0.4, 0.5) is 13.2 Å². The van der Waals surface area contributed by atoms with Gasteiger partial charge in [-0.3, -0.25) is 9.97 Å². The second-order valence-corrected chi connectivity index (χ2v) is 4.24. The van der Waals surface area contributed by atoms with Crippen LogP contribution in [0.15, 0.2) is 36.8 Å². The van der Waals surface area contributed by atoms with Gasteiger partial charge in [-0.05, 0) is 30.2 Å². The number of pyridine rings is 2. The number of alkyl halides is 3. The van der Waals surface area contributed by atoms with Crippen molar-refractivity contribution in [3.63, 3.8) is 0 Å². The Hall–Kier alpha value is -1.95. The number of aromatic nitrogens is 2. The highest BCUT2D eigenvalue weighted by molar-refractivity contribution is 5.29. The van der Waals surface area contributed by atoms with Gasteiger partial charge in [0.25, 0.3) is 0 Å². The molecule has 0 spiro atoms. The molecule has 0 aliphatic rings. The first-order chi connectivity index (χ1) is 8.88. The molecule has 0 fully saturated rings. The topological polar surface area (TPSA) is 51.8 Å². The summed E-state index contributed by atoms with van der Waals surface area (Å²) in [5.74, 6) is 0. The third-order valence-corrected chi connectivity index (χ3v) is 2.69. The molecule has 0 amide bonds. The van der Waals surface area contributed by atoms with Crippen LogP contribution in [0.3, 0.4) is 0 Å². The summed E-state index contributed by atoms with van der Waals surface area (Å²) in [7, 11) is 0. The number of nitrogens with zero attached hydrogens (tertiary/aromatic N) is 2. The van der Waals surface area contributed by atoms with E-state index in [4.69, 9.17) is 5.73 Å². The van der Waals surface area contributed by atoms with Crippen molar-refractivity contribution in [2.45, 2.75) is 19.1 Å². The van der Waals surface area contributed by atoms with Crippen LogP contribution in [0.5, 0.6) is 0 Å². The summed E-state index contributed by atoms with van der Waals surface area (Å²) in [6.07, 6.45) is -0.341. The summed E-state index contributed by atoms with van der Waals surface area (Å²) >= 11 is 0. The van der Waals surface area contributed by atoms with Gasteiger partial charge in [0.05, 0.1) is 17.3 Å². The van der Waals surface area contributed by atoms with Gasteiger partial charge in [-0.1, -0.05) is 6.07 Å². The second kappa shape index (κ2) is 4.97. The third-order valence-electron chi connectivity index (χ3n) is 2.69. The molecule has 0 aliphatic carbocycles. The van der Waals surface area contributed by atoms with Crippen molar-refractivity contribution in [2.24, 2.45) is 5.73 Å². The minimum atomic E-state index is -4.39. The fourth-order valence-electron chi connectivity index (χ4n) is 1.68. The number of hydrogen-bond acceptors (Lipinski definition) is 3. The summed E-state index contributed by atoms with van der Waals surface area (Å²) in [4.78, 5) is 7.78. The molecular weight excluding hydrogens is 255 g/mol. The smallest absolute Gasteiger partial charge is 0.319 e. The largest absolute Gasteiger partial charge is 0.417 e. The first kappa shape index (κ1) is 13.5. The molecule has 2 aromatic rings. The van der Waals surface area contributed by atoms with E-state index >= 15 is 0 Å². The van der Waals surface area contributed by atoms with Gasteiger partial charge < -0.3 is 5.73 Å². The van der Waals surface area contributed by atoms with E-state index in [1.165, 1.54) is 6.07 Å². The highest BCUT2D eigenvalue weighted by Crippen LogP contribution is 2.29. The Kier molecular flexibility index (Phi) is 3.53. The minimum Gasteiger partial charge on any atom is -0.319 e. The fourth-order valence-corrected chi connectivity index (χ4v) is 1.68. The minimum absolute atomic E-state index is 0.375. The fraction of sp³-hybridized carbons (Fsp3) is 0.231. The molecule has 1 atom stereocenters. The number of halogens is 3. The summed E-state index contributed by atoms with van der Waals surface area (Å²) in [6.45, 7) is 1.86. The van der Waals surface area contributed by atoms with Crippen LogP contribution in [0.25, 0.3) is 0 Å². The Morgan fingerprint density at radius 1 is 1.16 bits per heavy atom. The monoisotopic (exact) mass is 267 g/mol. The predicted octanol–water partition coefficient (Wildman–Crippen LogP) is 2.85. The van der Waals surface area contributed by atoms with Crippen molar-refractivity contribution >= 4 is 0 Å². The summed E-state index contributed by atoms with van der Waals surface area (Å²) in [5, 5.41) is 0. The molecule has 19 heavy (non-hydrogen) atoms. The van der Waals surface area contributed by atoms with Crippen molar-refractivity contribution < 1.29 is 13.2 Å². The van der Waals surface area contributed by atoms with Crippen LogP contribution < -0.4 is 5.73 Å². The first-order valence-corrected chi connectivity index (χ1v) is 5.58. The zero-order chi connectivity index (χ0) is 14.0. The Labute approximate surface area is 108 Å². The normalized spacial score (nSPS) is 13.3. The standard InChI is InChI=1S/C13H12F3N3/c1-8-4-9(6-18-5-8)12(17)11-3-2-10(7-19-11)13(14,15)16/h2-7,12H,17H2,1H3. The number of aryl methyl sites for hydroxylation is 1. The second-order valence-electron chi connectivity index (χ2n) is 4.24. The highest BCUT2D eigenvalue weighted by Gasteiger charge is 2.30. The zero-order valence-corrected chi connectivity index (χ0v) is 10.1. The van der Waals surface area contributed by atoms with Crippen molar-refractivity contribution in [1.29, 1.82) is 0 Å². The molecule has 0 aromatic carbocycles. The van der Waals surface area contributed by atoms with E-state index in [2.05, 4.69) is 9.97 Å². The number of rotatable bonds is 2. The van der Waals surface area contributed by atoms with Gasteiger partial charge in [0.15, 0.2) is 0 Å². The van der Waals surface area contributed by atoms with E-state index in [9.17, 15) is 13.2 Å². The van der Waals surface area contributed by atoms with Gasteiger partial charge >= 0.3 is 6.18 Å². The number of nitrogens with two attached hydrogens (primary N) is 1.